The van der Waals surface area contributed by atoms with Gasteiger partial charge >= 0.3 is 5.69 Å². The second-order valence-electron chi connectivity index (χ2n) is 3.82. The first-order valence-electron chi connectivity index (χ1n) is 5.55. The largest absolute Gasteiger partial charge is 0.484 e. The summed E-state index contributed by atoms with van der Waals surface area (Å²) in [5.41, 5.74) is -0.522. The lowest BCUT2D eigenvalue weighted by atomic mass is 10.3. The minimum Gasteiger partial charge on any atom is -0.484 e. The maximum Gasteiger partial charge on any atom is 0.315 e. The van der Waals surface area contributed by atoms with Crippen molar-refractivity contribution in [3.05, 3.63) is 32.5 Å². The molecule has 1 aromatic carbocycles. The molecule has 0 radical (unpaired) electrons. The third-order valence-corrected chi connectivity index (χ3v) is 3.50. The molecule has 0 bridgehead atoms. The van der Waals surface area contributed by atoms with Crippen molar-refractivity contribution in [1.82, 2.24) is 0 Å². The second kappa shape index (κ2) is 7.64. The fourth-order valence-corrected chi connectivity index (χ4v) is 2.19. The first-order valence-corrected chi connectivity index (χ1v) is 8.06. The lowest BCUT2D eigenvalue weighted by molar-refractivity contribution is -0.386. The van der Waals surface area contributed by atoms with E-state index in [2.05, 4.69) is 15.9 Å². The summed E-state index contributed by atoms with van der Waals surface area (Å²) in [6.07, 6.45) is 0. The Kier molecular flexibility index (Phi) is 6.45. The van der Waals surface area contributed by atoms with Gasteiger partial charge in [-0.2, -0.15) is 0 Å². The summed E-state index contributed by atoms with van der Waals surface area (Å²) >= 11 is 2.97. The Labute approximate surface area is 128 Å². The van der Waals surface area contributed by atoms with Crippen molar-refractivity contribution < 1.29 is 27.2 Å². The third-order valence-electron chi connectivity index (χ3n) is 2.17. The number of nitrogens with two attached hydrogens (primary N) is 1. The van der Waals surface area contributed by atoms with E-state index in [0.29, 0.717) is 0 Å². The van der Waals surface area contributed by atoms with E-state index in [4.69, 9.17) is 14.6 Å². The molecule has 0 aliphatic rings. The summed E-state index contributed by atoms with van der Waals surface area (Å²) in [6.45, 7) is -0.193. The molecule has 11 heteroatoms. The van der Waals surface area contributed by atoms with Crippen LogP contribution in [0.2, 0.25) is 0 Å². The van der Waals surface area contributed by atoms with Crippen LogP contribution < -0.4 is 9.88 Å². The molecular weight excluding hydrogens is 375 g/mol. The van der Waals surface area contributed by atoms with Gasteiger partial charge in [-0.1, -0.05) is 0 Å². The normalized spacial score (nSPS) is 11.4. The number of hydrogen-bond donors (Lipinski definition) is 1. The fraction of sp³-hybridized carbons (Fsp3) is 0.400. The van der Waals surface area contributed by atoms with Crippen LogP contribution in [0.5, 0.6) is 5.75 Å². The van der Waals surface area contributed by atoms with Crippen LogP contribution >= 0.6 is 15.9 Å². The molecule has 0 aromatic heterocycles. The number of hydrogen-bond acceptors (Lipinski definition) is 6. The first kappa shape index (κ1) is 17.8. The smallest absolute Gasteiger partial charge is 0.315 e. The van der Waals surface area contributed by atoms with Gasteiger partial charge in [-0.3, -0.25) is 10.1 Å². The van der Waals surface area contributed by atoms with E-state index < -0.39 is 26.5 Å². The maximum absolute atomic E-state index is 13.1. The van der Waals surface area contributed by atoms with Gasteiger partial charge in [-0.05, 0) is 22.0 Å². The number of nitro benzene ring substituents is 1. The molecule has 0 spiro atoms. The predicted octanol–water partition coefficient (Wildman–Crippen LogP) is 1.18. The molecule has 1 aromatic rings. The molecular formula is C10H12BrFN2O6S. The highest BCUT2D eigenvalue weighted by Crippen LogP contribution is 2.35. The van der Waals surface area contributed by atoms with E-state index in [9.17, 15) is 22.9 Å². The van der Waals surface area contributed by atoms with Crippen molar-refractivity contribution >= 4 is 31.6 Å². The molecule has 118 valence electrons. The summed E-state index contributed by atoms with van der Waals surface area (Å²) in [6, 6.07) is 1.77. The Morgan fingerprint density at radius 2 is 2.00 bits per heavy atom. The molecule has 8 nitrogen and oxygen atoms in total. The van der Waals surface area contributed by atoms with E-state index in [1.54, 1.807) is 0 Å². The summed E-state index contributed by atoms with van der Waals surface area (Å²) in [4.78, 5) is 10.0. The summed E-state index contributed by atoms with van der Waals surface area (Å²) < 4.78 is 44.6. The van der Waals surface area contributed by atoms with E-state index in [-0.39, 0.29) is 35.8 Å². The molecule has 0 heterocycles. The lowest BCUT2D eigenvalue weighted by Crippen LogP contribution is -2.21. The highest BCUT2D eigenvalue weighted by atomic mass is 79.9. The fourth-order valence-electron chi connectivity index (χ4n) is 1.31. The zero-order valence-electron chi connectivity index (χ0n) is 10.6. The number of nitro groups is 1. The maximum atomic E-state index is 13.1. The van der Waals surface area contributed by atoms with E-state index in [1.807, 2.05) is 0 Å². The van der Waals surface area contributed by atoms with Crippen LogP contribution in [0.1, 0.15) is 0 Å². The van der Waals surface area contributed by atoms with Gasteiger partial charge in [0, 0.05) is 0 Å². The predicted molar refractivity (Wildman–Crippen MR) is 75.0 cm³/mol. The number of nitrogens with zero attached hydrogens (tertiary/aromatic N) is 1. The molecule has 0 fully saturated rings. The number of ether oxygens (including phenoxy) is 2. The molecule has 21 heavy (non-hydrogen) atoms. The van der Waals surface area contributed by atoms with Gasteiger partial charge in [-0.15, -0.1) is 0 Å². The number of primary sulfonamides is 1. The molecule has 0 aliphatic heterocycles. The summed E-state index contributed by atoms with van der Waals surface area (Å²) in [7, 11) is -3.60. The van der Waals surface area contributed by atoms with Crippen LogP contribution in [0.4, 0.5) is 10.1 Å². The van der Waals surface area contributed by atoms with Gasteiger partial charge in [-0.25, -0.2) is 17.9 Å². The first-order chi connectivity index (χ1) is 9.70. The second-order valence-corrected chi connectivity index (χ2v) is 6.41. The molecule has 0 saturated heterocycles. The standard InChI is InChI=1S/C10H12BrFN2O6S/c11-8-5-7(12)6-9(14(15)16)10(8)20-2-1-19-3-4-21(13,17)18/h5-6H,1-4H2,(H2,13,17,18). The summed E-state index contributed by atoms with van der Waals surface area (Å²) in [5, 5.41) is 15.6. The van der Waals surface area contributed by atoms with Crippen molar-refractivity contribution in [3.8, 4) is 5.75 Å². The number of benzene rings is 1. The minimum absolute atomic E-state index is 0.00348. The van der Waals surface area contributed by atoms with Crippen LogP contribution in [0.25, 0.3) is 0 Å². The van der Waals surface area contributed by atoms with Gasteiger partial charge in [0.25, 0.3) is 0 Å². The van der Waals surface area contributed by atoms with Crippen LogP contribution in [0.3, 0.4) is 0 Å². The molecule has 2 N–H and O–H groups in total. The number of sulfonamides is 1. The van der Waals surface area contributed by atoms with Crippen molar-refractivity contribution in [1.29, 1.82) is 0 Å². The van der Waals surface area contributed by atoms with Crippen molar-refractivity contribution in [2.45, 2.75) is 0 Å². The van der Waals surface area contributed by atoms with Gasteiger partial charge < -0.3 is 9.47 Å². The zero-order valence-corrected chi connectivity index (χ0v) is 13.0. The van der Waals surface area contributed by atoms with Crippen LogP contribution in [-0.2, 0) is 14.8 Å². The highest BCUT2D eigenvalue weighted by Gasteiger charge is 2.20. The molecule has 1 rings (SSSR count). The molecule has 0 saturated carbocycles. The molecule has 0 atom stereocenters. The summed E-state index contributed by atoms with van der Waals surface area (Å²) in [5.74, 6) is -1.24. The van der Waals surface area contributed by atoms with Crippen LogP contribution in [0.15, 0.2) is 16.6 Å². The van der Waals surface area contributed by atoms with Crippen molar-refractivity contribution in [2.24, 2.45) is 5.14 Å². The van der Waals surface area contributed by atoms with Crippen molar-refractivity contribution in [2.75, 3.05) is 25.6 Å². The Balaban J connectivity index is 2.54. The van der Waals surface area contributed by atoms with Gasteiger partial charge in [0.15, 0.2) is 0 Å². The number of halogens is 2. The quantitative estimate of drug-likeness (QED) is 0.406. The molecule has 0 unspecified atom stereocenters. The topological polar surface area (TPSA) is 122 Å². The SMILES string of the molecule is NS(=O)(=O)CCOCCOc1c(Br)cc(F)cc1[N+](=O)[O-]. The highest BCUT2D eigenvalue weighted by molar-refractivity contribution is 9.10. The van der Waals surface area contributed by atoms with Gasteiger partial charge in [0.05, 0.1) is 34.4 Å². The van der Waals surface area contributed by atoms with E-state index >= 15 is 0 Å². The van der Waals surface area contributed by atoms with E-state index in [0.717, 1.165) is 12.1 Å². The Morgan fingerprint density at radius 3 is 2.57 bits per heavy atom. The lowest BCUT2D eigenvalue weighted by Gasteiger charge is -2.09. The zero-order chi connectivity index (χ0) is 16.0. The number of rotatable bonds is 8. The average Bonchev–Trinajstić information content (AvgIpc) is 2.33. The average molecular weight is 387 g/mol. The minimum atomic E-state index is -3.60. The van der Waals surface area contributed by atoms with E-state index in [1.165, 1.54) is 0 Å². The van der Waals surface area contributed by atoms with Crippen molar-refractivity contribution in [3.63, 3.8) is 0 Å². The van der Waals surface area contributed by atoms with Crippen LogP contribution in [-0.4, -0.2) is 38.9 Å². The Morgan fingerprint density at radius 1 is 1.33 bits per heavy atom. The van der Waals surface area contributed by atoms with Gasteiger partial charge in [0.2, 0.25) is 15.8 Å². The van der Waals surface area contributed by atoms with Gasteiger partial charge in [0.1, 0.15) is 12.4 Å². The molecule has 0 aliphatic carbocycles. The molecule has 0 amide bonds. The monoisotopic (exact) mass is 386 g/mol. The third kappa shape index (κ3) is 6.33. The Hall–Kier alpha value is -1.30. The van der Waals surface area contributed by atoms with Crippen LogP contribution in [0, 0.1) is 15.9 Å². The Bertz CT molecular complexity index is 624.